The monoisotopic (exact) mass is 202 g/mol. The van der Waals surface area contributed by atoms with Crippen LogP contribution < -0.4 is 0 Å². The Balaban J connectivity index is 2.49. The van der Waals surface area contributed by atoms with E-state index in [0.29, 0.717) is 18.1 Å². The molecule has 1 aliphatic carbocycles. The second-order valence-corrected chi connectivity index (χ2v) is 5.81. The predicted molar refractivity (Wildman–Crippen MR) is 55.1 cm³/mol. The average Bonchev–Trinajstić information content (AvgIpc) is 2.03. The fraction of sp³-hybridized carbons (Fsp3) is 0.900. The Hall–Kier alpha value is -0.180. The van der Waals surface area contributed by atoms with Crippen LogP contribution in [-0.4, -0.2) is 21.0 Å². The third-order valence-electron chi connectivity index (χ3n) is 2.31. The molecule has 2 nitrogen and oxygen atoms in total. The van der Waals surface area contributed by atoms with E-state index in [4.69, 9.17) is 0 Å². The highest BCUT2D eigenvalue weighted by Crippen LogP contribution is 2.20. The number of hydrogen-bond acceptors (Lipinski definition) is 2. The molecular weight excluding hydrogens is 184 g/mol. The third-order valence-corrected chi connectivity index (χ3v) is 4.44. The average molecular weight is 202 g/mol. The summed E-state index contributed by atoms with van der Waals surface area (Å²) in [6.07, 6.45) is 3.56. The zero-order valence-electron chi connectivity index (χ0n) is 8.41. The number of carbonyl (C=O) groups excluding carboxylic acids is 1. The van der Waals surface area contributed by atoms with Crippen molar-refractivity contribution in [1.82, 2.24) is 0 Å². The van der Waals surface area contributed by atoms with Gasteiger partial charge in [-0.05, 0) is 18.8 Å². The molecule has 0 radical (unpaired) electrons. The maximum atomic E-state index is 11.7. The van der Waals surface area contributed by atoms with Crippen molar-refractivity contribution in [1.29, 1.82) is 0 Å². The number of rotatable bonds is 3. The molecule has 0 saturated heterocycles. The molecule has 0 bridgehead atoms. The largest absolute Gasteiger partial charge is 0.298 e. The summed E-state index contributed by atoms with van der Waals surface area (Å²) in [7, 11) is -0.916. The van der Waals surface area contributed by atoms with Crippen LogP contribution in [0.25, 0.3) is 0 Å². The molecule has 76 valence electrons. The molecule has 0 amide bonds. The molecule has 0 aromatic carbocycles. The summed E-state index contributed by atoms with van der Waals surface area (Å²) in [6.45, 7) is 4.09. The van der Waals surface area contributed by atoms with E-state index in [2.05, 4.69) is 0 Å². The fourth-order valence-corrected chi connectivity index (χ4v) is 3.40. The van der Waals surface area contributed by atoms with Gasteiger partial charge in [0.2, 0.25) is 0 Å². The van der Waals surface area contributed by atoms with Gasteiger partial charge >= 0.3 is 0 Å². The first-order chi connectivity index (χ1) is 6.11. The van der Waals surface area contributed by atoms with Gasteiger partial charge in [0.1, 0.15) is 5.78 Å². The Morgan fingerprint density at radius 1 is 1.46 bits per heavy atom. The summed E-state index contributed by atoms with van der Waals surface area (Å²) in [6, 6.07) is 0. The quantitative estimate of drug-likeness (QED) is 0.700. The molecule has 0 aliphatic heterocycles. The lowest BCUT2D eigenvalue weighted by Crippen LogP contribution is -2.31. The molecule has 13 heavy (non-hydrogen) atoms. The lowest BCUT2D eigenvalue weighted by molar-refractivity contribution is -0.119. The Morgan fingerprint density at radius 3 is 2.69 bits per heavy atom. The van der Waals surface area contributed by atoms with Crippen LogP contribution in [0.2, 0.25) is 0 Å². The van der Waals surface area contributed by atoms with Crippen molar-refractivity contribution in [3.8, 4) is 0 Å². The second kappa shape index (κ2) is 4.89. The lowest BCUT2D eigenvalue weighted by Gasteiger charge is -2.20. The first kappa shape index (κ1) is 10.9. The van der Waals surface area contributed by atoms with Gasteiger partial charge in [-0.2, -0.15) is 0 Å². The molecule has 0 N–H and O–H groups in total. The van der Waals surface area contributed by atoms with Crippen molar-refractivity contribution in [2.24, 2.45) is 5.92 Å². The highest BCUT2D eigenvalue weighted by molar-refractivity contribution is 7.86. The molecule has 0 aromatic heterocycles. The van der Waals surface area contributed by atoms with Crippen molar-refractivity contribution in [2.45, 2.75) is 44.8 Å². The van der Waals surface area contributed by atoms with Crippen molar-refractivity contribution in [3.63, 3.8) is 0 Å². The molecule has 2 atom stereocenters. The van der Waals surface area contributed by atoms with Gasteiger partial charge in [0.25, 0.3) is 0 Å². The topological polar surface area (TPSA) is 34.1 Å². The molecule has 1 aliphatic rings. The van der Waals surface area contributed by atoms with Gasteiger partial charge in [0, 0.05) is 23.0 Å². The van der Waals surface area contributed by atoms with Crippen LogP contribution in [0.4, 0.5) is 0 Å². The second-order valence-electron chi connectivity index (χ2n) is 4.14. The predicted octanol–water partition coefficient (Wildman–Crippen LogP) is 1.90. The summed E-state index contributed by atoms with van der Waals surface area (Å²) in [5, 5.41) is -0.142. The zero-order valence-corrected chi connectivity index (χ0v) is 9.23. The Morgan fingerprint density at radius 2 is 2.15 bits per heavy atom. The van der Waals surface area contributed by atoms with E-state index >= 15 is 0 Å². The smallest absolute Gasteiger partial charge is 0.148 e. The highest BCUT2D eigenvalue weighted by Gasteiger charge is 2.27. The Bertz CT molecular complexity index is 211. The SMILES string of the molecule is CC(C)CS(=O)C1CCCCC1=O. The van der Waals surface area contributed by atoms with Gasteiger partial charge in [-0.15, -0.1) is 0 Å². The van der Waals surface area contributed by atoms with Gasteiger partial charge in [-0.1, -0.05) is 20.3 Å². The van der Waals surface area contributed by atoms with Crippen molar-refractivity contribution >= 4 is 16.6 Å². The molecular formula is C10H18O2S. The molecule has 0 spiro atoms. The summed E-state index contributed by atoms with van der Waals surface area (Å²) in [5.41, 5.74) is 0. The van der Waals surface area contributed by atoms with E-state index in [9.17, 15) is 9.00 Å². The highest BCUT2D eigenvalue weighted by atomic mass is 32.2. The van der Waals surface area contributed by atoms with Crippen LogP contribution in [-0.2, 0) is 15.6 Å². The maximum absolute atomic E-state index is 11.7. The lowest BCUT2D eigenvalue weighted by atomic mass is 9.99. The van der Waals surface area contributed by atoms with Gasteiger partial charge in [0.05, 0.1) is 5.25 Å². The van der Waals surface area contributed by atoms with Gasteiger partial charge in [-0.3, -0.25) is 9.00 Å². The van der Waals surface area contributed by atoms with E-state index in [1.165, 1.54) is 0 Å². The van der Waals surface area contributed by atoms with Crippen LogP contribution in [0.5, 0.6) is 0 Å². The zero-order chi connectivity index (χ0) is 9.84. The van der Waals surface area contributed by atoms with E-state index in [0.717, 1.165) is 19.3 Å². The van der Waals surface area contributed by atoms with Crippen LogP contribution in [0.15, 0.2) is 0 Å². The van der Waals surface area contributed by atoms with E-state index in [-0.39, 0.29) is 11.0 Å². The van der Waals surface area contributed by atoms with Gasteiger partial charge < -0.3 is 0 Å². The van der Waals surface area contributed by atoms with E-state index < -0.39 is 10.8 Å². The maximum Gasteiger partial charge on any atom is 0.148 e. The van der Waals surface area contributed by atoms with Gasteiger partial charge in [-0.25, -0.2) is 0 Å². The minimum Gasteiger partial charge on any atom is -0.298 e. The van der Waals surface area contributed by atoms with Gasteiger partial charge in [0.15, 0.2) is 0 Å². The fourth-order valence-electron chi connectivity index (χ4n) is 1.67. The van der Waals surface area contributed by atoms with Crippen molar-refractivity contribution in [3.05, 3.63) is 0 Å². The Kier molecular flexibility index (Phi) is 4.10. The van der Waals surface area contributed by atoms with Crippen LogP contribution in [0.3, 0.4) is 0 Å². The van der Waals surface area contributed by atoms with Crippen LogP contribution in [0.1, 0.15) is 39.5 Å². The third kappa shape index (κ3) is 3.22. The molecule has 1 saturated carbocycles. The van der Waals surface area contributed by atoms with Crippen LogP contribution in [0, 0.1) is 5.92 Å². The standard InChI is InChI=1S/C10H18O2S/c1-8(2)7-13(12)10-6-4-3-5-9(10)11/h8,10H,3-7H2,1-2H3. The number of carbonyl (C=O) groups is 1. The number of ketones is 1. The normalized spacial score (nSPS) is 26.4. The Labute approximate surface area is 82.6 Å². The molecule has 1 rings (SSSR count). The summed E-state index contributed by atoms with van der Waals surface area (Å²) < 4.78 is 11.7. The number of Topliss-reactive ketones (excluding diaryl/α,β-unsaturated/α-hetero) is 1. The number of hydrogen-bond donors (Lipinski definition) is 0. The molecule has 0 aromatic rings. The molecule has 2 unspecified atom stereocenters. The van der Waals surface area contributed by atoms with E-state index in [1.807, 2.05) is 13.8 Å². The van der Waals surface area contributed by atoms with Crippen molar-refractivity contribution < 1.29 is 9.00 Å². The molecule has 1 fully saturated rings. The molecule has 0 heterocycles. The van der Waals surface area contributed by atoms with Crippen LogP contribution >= 0.6 is 0 Å². The first-order valence-electron chi connectivity index (χ1n) is 5.01. The minimum absolute atomic E-state index is 0.142. The summed E-state index contributed by atoms with van der Waals surface area (Å²) in [5.74, 6) is 1.33. The van der Waals surface area contributed by atoms with E-state index in [1.54, 1.807) is 0 Å². The summed E-state index contributed by atoms with van der Waals surface area (Å²) >= 11 is 0. The summed E-state index contributed by atoms with van der Waals surface area (Å²) in [4.78, 5) is 11.4. The minimum atomic E-state index is -0.916. The first-order valence-corrected chi connectivity index (χ1v) is 6.39. The van der Waals surface area contributed by atoms with Crippen molar-refractivity contribution in [2.75, 3.05) is 5.75 Å². The molecule has 3 heteroatoms.